The van der Waals surface area contributed by atoms with E-state index in [1.807, 2.05) is 31.2 Å². The molecule has 1 amide bonds. The number of rotatable bonds is 5. The quantitative estimate of drug-likeness (QED) is 0.647. The number of benzene rings is 1. The molecule has 16 heavy (non-hydrogen) atoms. The molecular weight excluding hydrogens is 202 g/mol. The van der Waals surface area contributed by atoms with Crippen LogP contribution in [-0.2, 0) is 0 Å². The molecule has 4 nitrogen and oxygen atoms in total. The number of primary amides is 1. The Morgan fingerprint density at radius 3 is 2.81 bits per heavy atom. The number of anilines is 1. The second-order valence-corrected chi connectivity index (χ2v) is 3.50. The number of aryl methyl sites for hydroxylation is 1. The minimum Gasteiger partial charge on any atom is -0.381 e. The Hall–Kier alpha value is -1.81. The number of nitrogens with one attached hydrogen (secondary N) is 1. The Morgan fingerprint density at radius 1 is 1.44 bits per heavy atom. The third kappa shape index (κ3) is 3.40. The monoisotopic (exact) mass is 219 g/mol. The highest BCUT2D eigenvalue weighted by Gasteiger charge is 2.06. The van der Waals surface area contributed by atoms with Crippen molar-refractivity contribution in [2.45, 2.75) is 6.92 Å². The number of hydrogen-bond donors (Lipinski definition) is 3. The standard InChI is InChI=1S/C12H17N3O/c1-9-4-5-10(12(14)16)11(8-9)15-7-3-2-6-13/h2-5,8,15H,6-7,13H2,1H3,(H2,14,16)/b3-2+. The molecule has 0 atom stereocenters. The van der Waals surface area contributed by atoms with Gasteiger partial charge in [0.25, 0.3) is 5.91 Å². The van der Waals surface area contributed by atoms with Crippen LogP contribution in [-0.4, -0.2) is 19.0 Å². The maximum atomic E-state index is 11.2. The second-order valence-electron chi connectivity index (χ2n) is 3.50. The van der Waals surface area contributed by atoms with Crippen LogP contribution >= 0.6 is 0 Å². The van der Waals surface area contributed by atoms with Crippen LogP contribution in [0.15, 0.2) is 30.4 Å². The van der Waals surface area contributed by atoms with Gasteiger partial charge in [-0.1, -0.05) is 18.2 Å². The van der Waals surface area contributed by atoms with Gasteiger partial charge in [0.2, 0.25) is 0 Å². The maximum Gasteiger partial charge on any atom is 0.250 e. The Morgan fingerprint density at radius 2 is 2.19 bits per heavy atom. The molecule has 86 valence electrons. The van der Waals surface area contributed by atoms with Crippen molar-refractivity contribution in [1.82, 2.24) is 0 Å². The smallest absolute Gasteiger partial charge is 0.250 e. The summed E-state index contributed by atoms with van der Waals surface area (Å²) in [5, 5.41) is 3.13. The molecule has 0 aromatic heterocycles. The zero-order valence-corrected chi connectivity index (χ0v) is 9.36. The van der Waals surface area contributed by atoms with E-state index < -0.39 is 5.91 Å². The van der Waals surface area contributed by atoms with Crippen molar-refractivity contribution in [2.75, 3.05) is 18.4 Å². The number of nitrogens with two attached hydrogens (primary N) is 2. The van der Waals surface area contributed by atoms with Crippen molar-refractivity contribution in [2.24, 2.45) is 11.5 Å². The lowest BCUT2D eigenvalue weighted by Gasteiger charge is -2.09. The Kier molecular flexibility index (Phi) is 4.54. The van der Waals surface area contributed by atoms with E-state index in [1.165, 1.54) is 0 Å². The fourth-order valence-electron chi connectivity index (χ4n) is 1.37. The fourth-order valence-corrected chi connectivity index (χ4v) is 1.37. The van der Waals surface area contributed by atoms with Crippen LogP contribution in [0.25, 0.3) is 0 Å². The van der Waals surface area contributed by atoms with Crippen molar-refractivity contribution >= 4 is 11.6 Å². The highest BCUT2D eigenvalue weighted by atomic mass is 16.1. The summed E-state index contributed by atoms with van der Waals surface area (Å²) in [5.41, 5.74) is 12.9. The fraction of sp³-hybridized carbons (Fsp3) is 0.250. The van der Waals surface area contributed by atoms with Gasteiger partial charge in [-0.15, -0.1) is 0 Å². The summed E-state index contributed by atoms with van der Waals surface area (Å²) in [4.78, 5) is 11.2. The van der Waals surface area contributed by atoms with E-state index in [0.29, 0.717) is 18.7 Å². The SMILES string of the molecule is Cc1ccc(C(N)=O)c(NC/C=C/CN)c1. The minimum atomic E-state index is -0.426. The topological polar surface area (TPSA) is 81.1 Å². The minimum absolute atomic E-state index is 0.426. The van der Waals surface area contributed by atoms with E-state index in [1.54, 1.807) is 6.07 Å². The van der Waals surface area contributed by atoms with Crippen LogP contribution in [0.4, 0.5) is 5.69 Å². The van der Waals surface area contributed by atoms with Gasteiger partial charge >= 0.3 is 0 Å². The first-order valence-electron chi connectivity index (χ1n) is 5.14. The van der Waals surface area contributed by atoms with Crippen molar-refractivity contribution in [3.63, 3.8) is 0 Å². The van der Waals surface area contributed by atoms with Gasteiger partial charge < -0.3 is 16.8 Å². The number of carbonyl (C=O) groups is 1. The third-order valence-corrected chi connectivity index (χ3v) is 2.15. The summed E-state index contributed by atoms with van der Waals surface area (Å²) in [6.07, 6.45) is 3.76. The molecule has 0 radical (unpaired) electrons. The molecule has 5 N–H and O–H groups in total. The first-order chi connectivity index (χ1) is 7.65. The summed E-state index contributed by atoms with van der Waals surface area (Å²) >= 11 is 0. The average Bonchev–Trinajstić information content (AvgIpc) is 2.24. The normalized spacial score (nSPS) is 10.6. The lowest BCUT2D eigenvalue weighted by Crippen LogP contribution is -2.14. The van der Waals surface area contributed by atoms with Crippen LogP contribution in [0.3, 0.4) is 0 Å². The highest BCUT2D eigenvalue weighted by molar-refractivity contribution is 5.98. The van der Waals surface area contributed by atoms with Crippen molar-refractivity contribution in [3.05, 3.63) is 41.5 Å². The van der Waals surface area contributed by atoms with Crippen LogP contribution in [0, 0.1) is 6.92 Å². The molecule has 0 aliphatic carbocycles. The summed E-state index contributed by atoms with van der Waals surface area (Å²) in [6.45, 7) is 3.10. The van der Waals surface area contributed by atoms with Crippen molar-refractivity contribution < 1.29 is 4.79 Å². The van der Waals surface area contributed by atoms with E-state index in [0.717, 1.165) is 11.3 Å². The van der Waals surface area contributed by atoms with Crippen molar-refractivity contribution in [1.29, 1.82) is 0 Å². The molecule has 0 aliphatic heterocycles. The van der Waals surface area contributed by atoms with Gasteiger partial charge in [0, 0.05) is 18.8 Å². The average molecular weight is 219 g/mol. The summed E-state index contributed by atoms with van der Waals surface area (Å²) in [5.74, 6) is -0.426. The van der Waals surface area contributed by atoms with Crippen LogP contribution in [0.5, 0.6) is 0 Å². The van der Waals surface area contributed by atoms with Crippen LogP contribution < -0.4 is 16.8 Å². The summed E-state index contributed by atoms with van der Waals surface area (Å²) in [6, 6.07) is 5.49. The third-order valence-electron chi connectivity index (χ3n) is 2.15. The van der Waals surface area contributed by atoms with E-state index in [4.69, 9.17) is 11.5 Å². The van der Waals surface area contributed by atoms with Crippen molar-refractivity contribution in [3.8, 4) is 0 Å². The predicted octanol–water partition coefficient (Wildman–Crippen LogP) is 1.02. The Bertz CT molecular complexity index is 399. The largest absolute Gasteiger partial charge is 0.381 e. The number of hydrogen-bond acceptors (Lipinski definition) is 3. The van der Waals surface area contributed by atoms with Gasteiger partial charge in [-0.05, 0) is 24.6 Å². The van der Waals surface area contributed by atoms with Gasteiger partial charge in [0.05, 0.1) is 5.56 Å². The van der Waals surface area contributed by atoms with Gasteiger partial charge in [-0.2, -0.15) is 0 Å². The molecule has 1 aromatic rings. The number of amides is 1. The molecule has 1 aromatic carbocycles. The maximum absolute atomic E-state index is 11.2. The Balaban J connectivity index is 2.80. The molecular formula is C12H17N3O. The van der Waals surface area contributed by atoms with Gasteiger partial charge in [-0.3, -0.25) is 4.79 Å². The van der Waals surface area contributed by atoms with Gasteiger partial charge in [0.1, 0.15) is 0 Å². The first-order valence-corrected chi connectivity index (χ1v) is 5.14. The number of carbonyl (C=O) groups excluding carboxylic acids is 1. The summed E-state index contributed by atoms with van der Waals surface area (Å²) in [7, 11) is 0. The molecule has 0 aliphatic rings. The zero-order valence-electron chi connectivity index (χ0n) is 9.36. The molecule has 0 unspecified atom stereocenters. The second kappa shape index (κ2) is 5.92. The molecule has 0 saturated carbocycles. The van der Waals surface area contributed by atoms with E-state index in [2.05, 4.69) is 5.32 Å². The molecule has 0 bridgehead atoms. The van der Waals surface area contributed by atoms with Crippen LogP contribution in [0.2, 0.25) is 0 Å². The van der Waals surface area contributed by atoms with Gasteiger partial charge in [0.15, 0.2) is 0 Å². The van der Waals surface area contributed by atoms with Crippen LogP contribution in [0.1, 0.15) is 15.9 Å². The van der Waals surface area contributed by atoms with E-state index in [-0.39, 0.29) is 0 Å². The van der Waals surface area contributed by atoms with E-state index in [9.17, 15) is 4.79 Å². The summed E-state index contributed by atoms with van der Waals surface area (Å²) < 4.78 is 0. The highest BCUT2D eigenvalue weighted by Crippen LogP contribution is 2.16. The zero-order chi connectivity index (χ0) is 12.0. The Labute approximate surface area is 95.3 Å². The molecule has 4 heteroatoms. The van der Waals surface area contributed by atoms with Gasteiger partial charge in [-0.25, -0.2) is 0 Å². The molecule has 1 rings (SSSR count). The molecule has 0 fully saturated rings. The predicted molar refractivity (Wildman–Crippen MR) is 66.4 cm³/mol. The molecule has 0 saturated heterocycles. The molecule has 0 spiro atoms. The van der Waals surface area contributed by atoms with E-state index >= 15 is 0 Å². The molecule has 0 heterocycles. The first kappa shape index (κ1) is 12.3. The lowest BCUT2D eigenvalue weighted by molar-refractivity contribution is 0.100. The lowest BCUT2D eigenvalue weighted by atomic mass is 10.1.